The van der Waals surface area contributed by atoms with Crippen molar-refractivity contribution in [2.45, 2.75) is 6.18 Å². The van der Waals surface area contributed by atoms with Crippen LogP contribution in [0.5, 0.6) is 0 Å². The molecule has 3 aromatic rings. The van der Waals surface area contributed by atoms with E-state index in [1.54, 1.807) is 0 Å². The zero-order valence-corrected chi connectivity index (χ0v) is 14.0. The third-order valence-electron chi connectivity index (χ3n) is 3.67. The molecule has 0 saturated heterocycles. The van der Waals surface area contributed by atoms with E-state index in [2.05, 4.69) is 15.6 Å². The minimum Gasteiger partial charge on any atom is -0.354 e. The minimum absolute atomic E-state index is 0.0164. The molecular formula is C19H12F5N3O. The fourth-order valence-corrected chi connectivity index (χ4v) is 2.28. The van der Waals surface area contributed by atoms with Crippen molar-refractivity contribution in [2.75, 3.05) is 10.6 Å². The first-order valence-corrected chi connectivity index (χ1v) is 7.89. The first kappa shape index (κ1) is 19.3. The summed E-state index contributed by atoms with van der Waals surface area (Å²) >= 11 is 0. The van der Waals surface area contributed by atoms with Gasteiger partial charge >= 0.3 is 6.18 Å². The molecule has 1 amide bonds. The molecule has 28 heavy (non-hydrogen) atoms. The molecule has 0 fully saturated rings. The van der Waals surface area contributed by atoms with Gasteiger partial charge in [0.05, 0.1) is 17.4 Å². The van der Waals surface area contributed by atoms with Gasteiger partial charge in [-0.1, -0.05) is 0 Å². The fraction of sp³-hybridized carbons (Fsp3) is 0.0526. The van der Waals surface area contributed by atoms with Crippen LogP contribution in [0, 0.1) is 11.6 Å². The van der Waals surface area contributed by atoms with Gasteiger partial charge in [-0.3, -0.25) is 4.79 Å². The highest BCUT2D eigenvalue weighted by molar-refractivity contribution is 6.02. The van der Waals surface area contributed by atoms with E-state index in [1.165, 1.54) is 36.5 Å². The number of nitrogens with one attached hydrogen (secondary N) is 2. The van der Waals surface area contributed by atoms with Crippen LogP contribution in [-0.4, -0.2) is 10.9 Å². The molecule has 0 aliphatic carbocycles. The van der Waals surface area contributed by atoms with Gasteiger partial charge in [-0.25, -0.2) is 13.8 Å². The molecule has 0 saturated carbocycles. The van der Waals surface area contributed by atoms with Gasteiger partial charge in [-0.05, 0) is 48.5 Å². The Morgan fingerprint density at radius 1 is 0.821 bits per heavy atom. The van der Waals surface area contributed by atoms with Gasteiger partial charge in [-0.2, -0.15) is 13.2 Å². The summed E-state index contributed by atoms with van der Waals surface area (Å²) in [4.78, 5) is 16.0. The van der Waals surface area contributed by atoms with Gasteiger partial charge in [-0.15, -0.1) is 0 Å². The van der Waals surface area contributed by atoms with Gasteiger partial charge in [0.25, 0.3) is 5.91 Å². The molecule has 0 bridgehead atoms. The predicted octanol–water partition coefficient (Wildman–Crippen LogP) is 5.37. The number of carbonyl (C=O) groups is 1. The molecule has 1 heterocycles. The van der Waals surface area contributed by atoms with Gasteiger partial charge < -0.3 is 10.6 Å². The van der Waals surface area contributed by atoms with Crippen molar-refractivity contribution in [1.29, 1.82) is 0 Å². The molecule has 0 atom stereocenters. The summed E-state index contributed by atoms with van der Waals surface area (Å²) in [6.45, 7) is 0. The number of anilines is 3. The number of pyridine rings is 1. The number of rotatable bonds is 4. The van der Waals surface area contributed by atoms with Crippen molar-refractivity contribution < 1.29 is 26.7 Å². The van der Waals surface area contributed by atoms with Crippen LogP contribution in [0.3, 0.4) is 0 Å². The third kappa shape index (κ3) is 4.61. The Kier molecular flexibility index (Phi) is 5.25. The van der Waals surface area contributed by atoms with Crippen molar-refractivity contribution in [2.24, 2.45) is 0 Å². The minimum atomic E-state index is -4.41. The van der Waals surface area contributed by atoms with Gasteiger partial charge in [0.2, 0.25) is 0 Å². The summed E-state index contributed by atoms with van der Waals surface area (Å²) in [5, 5.41) is 5.24. The zero-order chi connectivity index (χ0) is 20.3. The Morgan fingerprint density at radius 3 is 2.04 bits per heavy atom. The number of aromatic nitrogens is 1. The maximum absolute atomic E-state index is 13.2. The average Bonchev–Trinajstić information content (AvgIpc) is 2.65. The Balaban J connectivity index is 1.65. The van der Waals surface area contributed by atoms with Crippen LogP contribution in [0.15, 0.2) is 60.8 Å². The largest absolute Gasteiger partial charge is 0.416 e. The predicted molar refractivity (Wildman–Crippen MR) is 93.3 cm³/mol. The van der Waals surface area contributed by atoms with E-state index in [0.717, 1.165) is 24.3 Å². The summed E-state index contributed by atoms with van der Waals surface area (Å²) in [5.74, 6) is -2.76. The quantitative estimate of drug-likeness (QED) is 0.586. The Morgan fingerprint density at radius 2 is 1.46 bits per heavy atom. The number of hydrogen-bond donors (Lipinski definition) is 2. The summed E-state index contributed by atoms with van der Waals surface area (Å²) in [6, 6.07) is 10.2. The molecule has 0 spiro atoms. The topological polar surface area (TPSA) is 54.0 Å². The summed E-state index contributed by atoms with van der Waals surface area (Å²) in [6.07, 6.45) is -3.10. The maximum Gasteiger partial charge on any atom is 0.416 e. The van der Waals surface area contributed by atoms with Crippen molar-refractivity contribution >= 4 is 23.0 Å². The van der Waals surface area contributed by atoms with Crippen LogP contribution in [0.25, 0.3) is 0 Å². The van der Waals surface area contributed by atoms with Crippen molar-refractivity contribution in [3.63, 3.8) is 0 Å². The lowest BCUT2D eigenvalue weighted by molar-refractivity contribution is -0.137. The zero-order valence-electron chi connectivity index (χ0n) is 14.0. The fourth-order valence-electron chi connectivity index (χ4n) is 2.28. The SMILES string of the molecule is O=C(Nc1ccc(F)c(F)c1)c1ccc(Nc2ccc(C(F)(F)F)cc2)cn1. The maximum atomic E-state index is 13.2. The van der Waals surface area contributed by atoms with Gasteiger partial charge in [0, 0.05) is 17.4 Å². The lowest BCUT2D eigenvalue weighted by Crippen LogP contribution is -2.13. The van der Waals surface area contributed by atoms with E-state index in [9.17, 15) is 26.7 Å². The number of alkyl halides is 3. The molecule has 2 aromatic carbocycles. The average molecular weight is 393 g/mol. The van der Waals surface area contributed by atoms with Crippen LogP contribution in [0.1, 0.15) is 16.1 Å². The molecule has 4 nitrogen and oxygen atoms in total. The second-order valence-electron chi connectivity index (χ2n) is 5.72. The van der Waals surface area contributed by atoms with Gasteiger partial charge in [0.1, 0.15) is 5.69 Å². The number of hydrogen-bond acceptors (Lipinski definition) is 3. The number of halogens is 5. The Hall–Kier alpha value is -3.49. The lowest BCUT2D eigenvalue weighted by Gasteiger charge is -2.10. The van der Waals surface area contributed by atoms with Crippen molar-refractivity contribution in [3.8, 4) is 0 Å². The van der Waals surface area contributed by atoms with Crippen molar-refractivity contribution in [3.05, 3.63) is 83.7 Å². The van der Waals surface area contributed by atoms with Crippen LogP contribution in [0.2, 0.25) is 0 Å². The monoisotopic (exact) mass is 393 g/mol. The van der Waals surface area contributed by atoms with Crippen LogP contribution < -0.4 is 10.6 Å². The second kappa shape index (κ2) is 7.63. The summed E-state index contributed by atoms with van der Waals surface area (Å²) in [7, 11) is 0. The van der Waals surface area contributed by atoms with E-state index < -0.39 is 29.3 Å². The van der Waals surface area contributed by atoms with Gasteiger partial charge in [0.15, 0.2) is 11.6 Å². The number of nitrogens with zero attached hydrogens (tertiary/aromatic N) is 1. The number of amides is 1. The number of carbonyl (C=O) groups excluding carboxylic acids is 1. The molecule has 0 radical (unpaired) electrons. The summed E-state index contributed by atoms with van der Waals surface area (Å²) in [5.41, 5.74) is 0.179. The normalized spacial score (nSPS) is 11.2. The molecule has 0 aliphatic rings. The third-order valence-corrected chi connectivity index (χ3v) is 3.67. The molecule has 144 valence electrons. The molecule has 1 aromatic heterocycles. The second-order valence-corrected chi connectivity index (χ2v) is 5.72. The van der Waals surface area contributed by atoms with Crippen LogP contribution in [0.4, 0.5) is 39.0 Å². The smallest absolute Gasteiger partial charge is 0.354 e. The lowest BCUT2D eigenvalue weighted by atomic mass is 10.2. The highest BCUT2D eigenvalue weighted by Crippen LogP contribution is 2.30. The molecule has 2 N–H and O–H groups in total. The van der Waals surface area contributed by atoms with E-state index in [1.807, 2.05) is 0 Å². The molecule has 9 heteroatoms. The molecule has 3 rings (SSSR count). The Bertz CT molecular complexity index is 986. The number of benzene rings is 2. The highest BCUT2D eigenvalue weighted by Gasteiger charge is 2.29. The standard InChI is InChI=1S/C19H12F5N3O/c20-15-7-5-13(9-16(15)21)27-18(28)17-8-6-14(10-25-17)26-12-3-1-11(2-4-12)19(22,23)24/h1-10,26H,(H,27,28). The van der Waals surface area contributed by atoms with E-state index >= 15 is 0 Å². The van der Waals surface area contributed by atoms with E-state index in [-0.39, 0.29) is 11.4 Å². The highest BCUT2D eigenvalue weighted by atomic mass is 19.4. The first-order valence-electron chi connectivity index (χ1n) is 7.89. The molecular weight excluding hydrogens is 381 g/mol. The summed E-state index contributed by atoms with van der Waals surface area (Å²) < 4.78 is 63.7. The van der Waals surface area contributed by atoms with Crippen LogP contribution >= 0.6 is 0 Å². The van der Waals surface area contributed by atoms with Crippen molar-refractivity contribution in [1.82, 2.24) is 4.98 Å². The van der Waals surface area contributed by atoms with E-state index in [4.69, 9.17) is 0 Å². The van der Waals surface area contributed by atoms with Crippen LogP contribution in [-0.2, 0) is 6.18 Å². The van der Waals surface area contributed by atoms with E-state index in [0.29, 0.717) is 11.4 Å². The Labute approximate surface area is 156 Å². The first-order chi connectivity index (χ1) is 13.2. The molecule has 0 unspecified atom stereocenters. The molecule has 0 aliphatic heterocycles.